The summed E-state index contributed by atoms with van der Waals surface area (Å²) in [7, 11) is 1.96. The molecule has 0 N–H and O–H groups in total. The van der Waals surface area contributed by atoms with Gasteiger partial charge in [-0.15, -0.1) is 5.98 Å². The molecule has 0 heterocycles. The van der Waals surface area contributed by atoms with E-state index in [2.05, 4.69) is 6.58 Å². The van der Waals surface area contributed by atoms with E-state index in [1.807, 2.05) is 19.9 Å². The first-order valence-corrected chi connectivity index (χ1v) is 1.65. The highest BCUT2D eigenvalue weighted by Crippen LogP contribution is 1.60. The van der Waals surface area contributed by atoms with Gasteiger partial charge in [0.25, 0.3) is 0 Å². The van der Waals surface area contributed by atoms with E-state index in [0.29, 0.717) is 0 Å². The Hall–Kier alpha value is -0.455. The van der Waals surface area contributed by atoms with E-state index in [4.69, 9.17) is 0 Å². The maximum atomic E-state index is 3.46. The summed E-state index contributed by atoms with van der Waals surface area (Å²) in [6, 6.07) is 0. The van der Waals surface area contributed by atoms with E-state index in [1.165, 1.54) is 0 Å². The standard InChI is InChI=1S/C4H7B/c1-2-3-4-5/h2-4H,1,5H2/b4-3+. The summed E-state index contributed by atoms with van der Waals surface area (Å²) in [6.07, 6.45) is 3.64. The SMILES string of the molecule is B/C=C/C=C. The van der Waals surface area contributed by atoms with E-state index in [-0.39, 0.29) is 0 Å². The first kappa shape index (κ1) is 4.54. The van der Waals surface area contributed by atoms with Crippen LogP contribution >= 0.6 is 0 Å². The molecule has 0 aromatic rings. The van der Waals surface area contributed by atoms with Crippen LogP contribution < -0.4 is 0 Å². The van der Waals surface area contributed by atoms with Gasteiger partial charge in [-0.3, -0.25) is 0 Å². The van der Waals surface area contributed by atoms with Gasteiger partial charge in [-0.1, -0.05) is 18.7 Å². The largest absolute Gasteiger partial charge is 0.129 e. The molecule has 0 aliphatic heterocycles. The van der Waals surface area contributed by atoms with Crippen LogP contribution in [-0.2, 0) is 0 Å². The van der Waals surface area contributed by atoms with Gasteiger partial charge in [-0.25, -0.2) is 0 Å². The molecule has 0 aliphatic rings. The fourth-order valence-corrected chi connectivity index (χ4v) is 0.136. The van der Waals surface area contributed by atoms with Crippen molar-refractivity contribution in [3.8, 4) is 0 Å². The molecular weight excluding hydrogens is 58.9 g/mol. The molecule has 5 heavy (non-hydrogen) atoms. The monoisotopic (exact) mass is 66.1 g/mol. The van der Waals surface area contributed by atoms with Crippen LogP contribution in [0.3, 0.4) is 0 Å². The normalized spacial score (nSPS) is 8.80. The lowest BCUT2D eigenvalue weighted by Gasteiger charge is -1.55. The summed E-state index contributed by atoms with van der Waals surface area (Å²) in [5.74, 6) is 1.94. The Kier molecular flexibility index (Phi) is 3.22. The van der Waals surface area contributed by atoms with Crippen LogP contribution in [0.2, 0.25) is 0 Å². The van der Waals surface area contributed by atoms with Crippen LogP contribution in [0.15, 0.2) is 24.7 Å². The van der Waals surface area contributed by atoms with E-state index in [0.717, 1.165) is 0 Å². The average Bonchev–Trinajstić information content (AvgIpc) is 1.41. The minimum absolute atomic E-state index is 1.75. The number of allylic oxidation sites excluding steroid dienone is 2. The van der Waals surface area contributed by atoms with Crippen LogP contribution in [0.5, 0.6) is 0 Å². The Morgan fingerprint density at radius 2 is 2.20 bits per heavy atom. The van der Waals surface area contributed by atoms with Gasteiger partial charge < -0.3 is 0 Å². The van der Waals surface area contributed by atoms with Gasteiger partial charge in [0.1, 0.15) is 7.85 Å². The summed E-state index contributed by atoms with van der Waals surface area (Å²) in [5.41, 5.74) is 0. The Morgan fingerprint density at radius 3 is 2.20 bits per heavy atom. The Bertz CT molecular complexity index is 45.6. The molecule has 0 aromatic carbocycles. The summed E-state index contributed by atoms with van der Waals surface area (Å²) < 4.78 is 0. The topological polar surface area (TPSA) is 0 Å². The molecule has 1 heteroatoms. The molecular formula is C4H7B. The molecule has 0 amide bonds. The summed E-state index contributed by atoms with van der Waals surface area (Å²) >= 11 is 0. The first-order valence-electron chi connectivity index (χ1n) is 1.65. The molecule has 0 bridgehead atoms. The minimum atomic E-state index is 1.75. The molecule has 0 atom stereocenters. The van der Waals surface area contributed by atoms with Gasteiger partial charge in [0, 0.05) is 0 Å². The Morgan fingerprint density at radius 1 is 1.60 bits per heavy atom. The second-order valence-electron chi connectivity index (χ2n) is 0.761. The summed E-state index contributed by atoms with van der Waals surface area (Å²) in [4.78, 5) is 0. The van der Waals surface area contributed by atoms with Crippen LogP contribution in [0.4, 0.5) is 0 Å². The predicted molar refractivity (Wildman–Crippen MR) is 27.9 cm³/mol. The van der Waals surface area contributed by atoms with Gasteiger partial charge in [0.15, 0.2) is 0 Å². The molecule has 0 unspecified atom stereocenters. The van der Waals surface area contributed by atoms with Crippen molar-refractivity contribution in [3.05, 3.63) is 24.7 Å². The zero-order valence-corrected chi connectivity index (χ0v) is 3.44. The van der Waals surface area contributed by atoms with Crippen LogP contribution in [0, 0.1) is 0 Å². The van der Waals surface area contributed by atoms with E-state index < -0.39 is 0 Å². The molecule has 0 radical (unpaired) electrons. The molecule has 26 valence electrons. The fraction of sp³-hybridized carbons (Fsp3) is 0. The van der Waals surface area contributed by atoms with E-state index in [1.54, 1.807) is 6.08 Å². The van der Waals surface area contributed by atoms with Gasteiger partial charge >= 0.3 is 0 Å². The average molecular weight is 65.9 g/mol. The van der Waals surface area contributed by atoms with Crippen LogP contribution in [0.25, 0.3) is 0 Å². The number of hydrogen-bond acceptors (Lipinski definition) is 0. The second-order valence-corrected chi connectivity index (χ2v) is 0.761. The Balaban J connectivity index is 2.92. The molecule has 0 aromatic heterocycles. The van der Waals surface area contributed by atoms with E-state index in [9.17, 15) is 0 Å². The van der Waals surface area contributed by atoms with Crippen molar-refractivity contribution in [3.63, 3.8) is 0 Å². The van der Waals surface area contributed by atoms with Crippen molar-refractivity contribution in [2.75, 3.05) is 0 Å². The van der Waals surface area contributed by atoms with Gasteiger partial charge in [0.05, 0.1) is 0 Å². The first-order chi connectivity index (χ1) is 2.41. The molecule has 0 saturated carbocycles. The summed E-state index contributed by atoms with van der Waals surface area (Å²) in [6.45, 7) is 3.46. The maximum absolute atomic E-state index is 3.46. The van der Waals surface area contributed by atoms with Crippen molar-refractivity contribution in [1.82, 2.24) is 0 Å². The van der Waals surface area contributed by atoms with Crippen molar-refractivity contribution < 1.29 is 0 Å². The van der Waals surface area contributed by atoms with Gasteiger partial charge in [-0.05, 0) is 0 Å². The highest BCUT2D eigenvalue weighted by atomic mass is 13.4. The van der Waals surface area contributed by atoms with Crippen LogP contribution in [0.1, 0.15) is 0 Å². The van der Waals surface area contributed by atoms with Crippen LogP contribution in [-0.4, -0.2) is 7.85 Å². The Labute approximate surface area is 33.6 Å². The van der Waals surface area contributed by atoms with Crippen molar-refractivity contribution >= 4 is 7.85 Å². The third-order valence-corrected chi connectivity index (χ3v) is 0.329. The van der Waals surface area contributed by atoms with Crippen molar-refractivity contribution in [2.45, 2.75) is 0 Å². The third-order valence-electron chi connectivity index (χ3n) is 0.329. The van der Waals surface area contributed by atoms with Crippen molar-refractivity contribution in [2.24, 2.45) is 0 Å². The highest BCUT2D eigenvalue weighted by Gasteiger charge is 1.43. The highest BCUT2D eigenvalue weighted by molar-refractivity contribution is 6.17. The lowest BCUT2D eigenvalue weighted by atomic mass is 10.1. The third kappa shape index (κ3) is 3.54. The molecule has 0 fully saturated rings. The lowest BCUT2D eigenvalue weighted by molar-refractivity contribution is 2.11. The molecule has 0 spiro atoms. The minimum Gasteiger partial charge on any atom is -0.124 e. The summed E-state index contributed by atoms with van der Waals surface area (Å²) in [5, 5.41) is 0. The number of rotatable bonds is 1. The zero-order chi connectivity index (χ0) is 4.12. The number of hydrogen-bond donors (Lipinski definition) is 0. The lowest BCUT2D eigenvalue weighted by Crippen LogP contribution is -1.43. The van der Waals surface area contributed by atoms with Gasteiger partial charge in [-0.2, -0.15) is 0 Å². The maximum Gasteiger partial charge on any atom is 0.129 e. The predicted octanol–water partition coefficient (Wildman–Crippen LogP) is 0.319. The molecule has 0 aliphatic carbocycles. The quantitative estimate of drug-likeness (QED) is 0.305. The smallest absolute Gasteiger partial charge is 0.124 e. The zero-order valence-electron chi connectivity index (χ0n) is 3.44. The van der Waals surface area contributed by atoms with Gasteiger partial charge in [0.2, 0.25) is 0 Å². The van der Waals surface area contributed by atoms with Crippen molar-refractivity contribution in [1.29, 1.82) is 0 Å². The molecule has 0 nitrogen and oxygen atoms in total. The molecule has 0 rings (SSSR count). The fourth-order valence-electron chi connectivity index (χ4n) is 0.136. The van der Waals surface area contributed by atoms with E-state index >= 15 is 0 Å². The second kappa shape index (κ2) is 3.54. The molecule has 0 saturated heterocycles.